The number of amides is 2. The molecule has 2 N–H and O–H groups in total. The van der Waals surface area contributed by atoms with Crippen LogP contribution in [0.25, 0.3) is 0 Å². The predicted octanol–water partition coefficient (Wildman–Crippen LogP) is 3.69. The molecule has 2 aromatic carbocycles. The van der Waals surface area contributed by atoms with Crippen molar-refractivity contribution in [3.63, 3.8) is 0 Å². The number of halogens is 3. The molecule has 0 saturated heterocycles. The molecular weight excluding hydrogens is 333 g/mol. The van der Waals surface area contributed by atoms with Crippen molar-refractivity contribution in [2.45, 2.75) is 20.0 Å². The smallest absolute Gasteiger partial charge is 0.343 e. The standard InChI is InChI=1S/C18H17F3N2O2/c1-11-6-7-13(8-12(11)2)17(25)22-10-16(24)23-15-5-3-4-14(9-15)18(19,20)21/h3-9H,10H2,1-2H3,(H,22,25)(H,23,24). The van der Waals surface area contributed by atoms with Crippen molar-refractivity contribution in [1.82, 2.24) is 5.32 Å². The summed E-state index contributed by atoms with van der Waals surface area (Å²) in [6.45, 7) is 3.44. The highest BCUT2D eigenvalue weighted by Gasteiger charge is 2.30. The monoisotopic (exact) mass is 350 g/mol. The molecule has 0 radical (unpaired) electrons. The van der Waals surface area contributed by atoms with Gasteiger partial charge in [0.25, 0.3) is 5.91 Å². The molecule has 0 aliphatic rings. The molecule has 0 aliphatic carbocycles. The molecule has 0 aromatic heterocycles. The average Bonchev–Trinajstić information content (AvgIpc) is 2.54. The minimum atomic E-state index is -4.49. The lowest BCUT2D eigenvalue weighted by atomic mass is 10.1. The van der Waals surface area contributed by atoms with E-state index in [1.54, 1.807) is 18.2 Å². The van der Waals surface area contributed by atoms with Crippen molar-refractivity contribution in [2.24, 2.45) is 0 Å². The average molecular weight is 350 g/mol. The number of aryl methyl sites for hydroxylation is 2. The maximum atomic E-state index is 12.6. The highest BCUT2D eigenvalue weighted by atomic mass is 19.4. The van der Waals surface area contributed by atoms with Gasteiger partial charge in [-0.3, -0.25) is 9.59 Å². The summed E-state index contributed by atoms with van der Waals surface area (Å²) in [4.78, 5) is 23.8. The zero-order valence-corrected chi connectivity index (χ0v) is 13.7. The third kappa shape index (κ3) is 5.07. The molecule has 7 heteroatoms. The van der Waals surface area contributed by atoms with E-state index in [9.17, 15) is 22.8 Å². The third-order valence-corrected chi connectivity index (χ3v) is 3.65. The van der Waals surface area contributed by atoms with Crippen molar-refractivity contribution in [1.29, 1.82) is 0 Å². The van der Waals surface area contributed by atoms with Gasteiger partial charge in [-0.15, -0.1) is 0 Å². The first kappa shape index (κ1) is 18.5. The summed E-state index contributed by atoms with van der Waals surface area (Å²) in [5.41, 5.74) is 1.56. The lowest BCUT2D eigenvalue weighted by molar-refractivity contribution is -0.137. The van der Waals surface area contributed by atoms with Crippen LogP contribution in [0.2, 0.25) is 0 Å². The van der Waals surface area contributed by atoms with E-state index < -0.39 is 23.6 Å². The Labute approximate surface area is 143 Å². The largest absolute Gasteiger partial charge is 0.416 e. The summed E-state index contributed by atoms with van der Waals surface area (Å²) in [5.74, 6) is -1.04. The molecule has 0 fully saturated rings. The first-order valence-corrected chi connectivity index (χ1v) is 7.49. The summed E-state index contributed by atoms with van der Waals surface area (Å²) in [6, 6.07) is 9.44. The summed E-state index contributed by atoms with van der Waals surface area (Å²) in [5, 5.41) is 4.77. The van der Waals surface area contributed by atoms with E-state index in [-0.39, 0.29) is 12.2 Å². The van der Waals surface area contributed by atoms with Gasteiger partial charge in [0, 0.05) is 11.3 Å². The Balaban J connectivity index is 1.94. The highest BCUT2D eigenvalue weighted by molar-refractivity contribution is 5.99. The zero-order chi connectivity index (χ0) is 18.6. The number of nitrogens with one attached hydrogen (secondary N) is 2. The van der Waals surface area contributed by atoms with Crippen LogP contribution in [0.4, 0.5) is 18.9 Å². The third-order valence-electron chi connectivity index (χ3n) is 3.65. The van der Waals surface area contributed by atoms with Crippen LogP contribution in [0.1, 0.15) is 27.0 Å². The van der Waals surface area contributed by atoms with Gasteiger partial charge in [-0.05, 0) is 55.3 Å². The highest BCUT2D eigenvalue weighted by Crippen LogP contribution is 2.30. The van der Waals surface area contributed by atoms with Crippen LogP contribution >= 0.6 is 0 Å². The summed E-state index contributed by atoms with van der Waals surface area (Å²) in [7, 11) is 0. The Hall–Kier alpha value is -2.83. The molecule has 0 atom stereocenters. The van der Waals surface area contributed by atoms with E-state index in [0.717, 1.165) is 23.3 Å². The summed E-state index contributed by atoms with van der Waals surface area (Å²) >= 11 is 0. The van der Waals surface area contributed by atoms with E-state index in [2.05, 4.69) is 10.6 Å². The Morgan fingerprint density at radius 2 is 1.72 bits per heavy atom. The van der Waals surface area contributed by atoms with Crippen LogP contribution in [0, 0.1) is 13.8 Å². The van der Waals surface area contributed by atoms with Crippen LogP contribution in [0.3, 0.4) is 0 Å². The minimum Gasteiger partial charge on any atom is -0.343 e. The maximum Gasteiger partial charge on any atom is 0.416 e. The van der Waals surface area contributed by atoms with Crippen molar-refractivity contribution < 1.29 is 22.8 Å². The molecule has 132 valence electrons. The van der Waals surface area contributed by atoms with E-state index in [4.69, 9.17) is 0 Å². The van der Waals surface area contributed by atoms with E-state index >= 15 is 0 Å². The van der Waals surface area contributed by atoms with Crippen LogP contribution < -0.4 is 10.6 Å². The summed E-state index contributed by atoms with van der Waals surface area (Å²) in [6.07, 6.45) is -4.49. The van der Waals surface area contributed by atoms with E-state index in [0.29, 0.717) is 5.56 Å². The first-order chi connectivity index (χ1) is 11.7. The normalized spacial score (nSPS) is 11.1. The zero-order valence-electron chi connectivity index (χ0n) is 13.7. The lowest BCUT2D eigenvalue weighted by Gasteiger charge is -2.10. The Morgan fingerprint density at radius 3 is 2.36 bits per heavy atom. The predicted molar refractivity (Wildman–Crippen MR) is 88.3 cm³/mol. The number of carbonyl (C=O) groups is 2. The lowest BCUT2D eigenvalue weighted by Crippen LogP contribution is -2.32. The Bertz CT molecular complexity index is 801. The van der Waals surface area contributed by atoms with Crippen LogP contribution in [-0.4, -0.2) is 18.4 Å². The number of hydrogen-bond acceptors (Lipinski definition) is 2. The quantitative estimate of drug-likeness (QED) is 0.884. The van der Waals surface area contributed by atoms with Gasteiger partial charge in [0.1, 0.15) is 0 Å². The molecule has 0 unspecified atom stereocenters. The number of alkyl halides is 3. The first-order valence-electron chi connectivity index (χ1n) is 7.49. The van der Waals surface area contributed by atoms with Crippen molar-refractivity contribution in [3.05, 3.63) is 64.7 Å². The topological polar surface area (TPSA) is 58.2 Å². The van der Waals surface area contributed by atoms with Crippen LogP contribution in [-0.2, 0) is 11.0 Å². The maximum absolute atomic E-state index is 12.6. The van der Waals surface area contributed by atoms with Crippen molar-refractivity contribution in [2.75, 3.05) is 11.9 Å². The number of rotatable bonds is 4. The fraction of sp³-hybridized carbons (Fsp3) is 0.222. The SMILES string of the molecule is Cc1ccc(C(=O)NCC(=O)Nc2cccc(C(F)(F)F)c2)cc1C. The van der Waals surface area contributed by atoms with E-state index in [1.165, 1.54) is 12.1 Å². The minimum absolute atomic E-state index is 0.0141. The molecule has 25 heavy (non-hydrogen) atoms. The molecule has 0 bridgehead atoms. The van der Waals surface area contributed by atoms with Crippen molar-refractivity contribution in [3.8, 4) is 0 Å². The molecule has 0 heterocycles. The molecule has 4 nitrogen and oxygen atoms in total. The van der Waals surface area contributed by atoms with Gasteiger partial charge in [-0.2, -0.15) is 13.2 Å². The summed E-state index contributed by atoms with van der Waals surface area (Å²) < 4.78 is 37.9. The Morgan fingerprint density at radius 1 is 1.00 bits per heavy atom. The fourth-order valence-corrected chi connectivity index (χ4v) is 2.12. The fourth-order valence-electron chi connectivity index (χ4n) is 2.12. The van der Waals surface area contributed by atoms with Gasteiger partial charge in [-0.1, -0.05) is 12.1 Å². The molecular formula is C18H17F3N2O2. The second kappa shape index (κ2) is 7.38. The second-order valence-corrected chi connectivity index (χ2v) is 5.61. The van der Waals surface area contributed by atoms with Gasteiger partial charge in [-0.25, -0.2) is 0 Å². The van der Waals surface area contributed by atoms with Crippen LogP contribution in [0.5, 0.6) is 0 Å². The van der Waals surface area contributed by atoms with Gasteiger partial charge in [0.05, 0.1) is 12.1 Å². The Kier molecular flexibility index (Phi) is 5.46. The number of hydrogen-bond donors (Lipinski definition) is 2. The van der Waals surface area contributed by atoms with Crippen LogP contribution in [0.15, 0.2) is 42.5 Å². The van der Waals surface area contributed by atoms with Gasteiger partial charge < -0.3 is 10.6 Å². The van der Waals surface area contributed by atoms with Gasteiger partial charge in [0.2, 0.25) is 5.91 Å². The molecule has 2 rings (SSSR count). The second-order valence-electron chi connectivity index (χ2n) is 5.61. The van der Waals surface area contributed by atoms with E-state index in [1.807, 2.05) is 13.8 Å². The molecule has 2 amide bonds. The molecule has 0 saturated carbocycles. The number of carbonyl (C=O) groups excluding carboxylic acids is 2. The number of benzene rings is 2. The molecule has 0 spiro atoms. The molecule has 2 aromatic rings. The van der Waals surface area contributed by atoms with Crippen molar-refractivity contribution >= 4 is 17.5 Å². The van der Waals surface area contributed by atoms with Gasteiger partial charge >= 0.3 is 6.18 Å². The molecule has 0 aliphatic heterocycles. The number of anilines is 1. The van der Waals surface area contributed by atoms with Gasteiger partial charge in [0.15, 0.2) is 0 Å².